The molecule has 0 aromatic heterocycles. The third kappa shape index (κ3) is 4.96. The van der Waals surface area contributed by atoms with E-state index in [1.54, 1.807) is 30.0 Å². The van der Waals surface area contributed by atoms with Gasteiger partial charge in [0.15, 0.2) is 11.6 Å². The Hall–Kier alpha value is -1.23. The van der Waals surface area contributed by atoms with Gasteiger partial charge >= 0.3 is 5.97 Å². The van der Waals surface area contributed by atoms with Crippen molar-refractivity contribution in [1.29, 1.82) is 0 Å². The Morgan fingerprint density at radius 1 is 1.44 bits per heavy atom. The summed E-state index contributed by atoms with van der Waals surface area (Å²) in [6.45, 7) is 2.23. The fourth-order valence-electron chi connectivity index (χ4n) is 1.30. The van der Waals surface area contributed by atoms with E-state index in [0.717, 1.165) is 0 Å². The monoisotopic (exact) mass is 272 g/mol. The maximum atomic E-state index is 13.2. The van der Waals surface area contributed by atoms with Crippen LogP contribution in [-0.2, 0) is 9.53 Å². The van der Waals surface area contributed by atoms with Crippen molar-refractivity contribution in [3.8, 4) is 5.75 Å². The number of benzene rings is 1. The van der Waals surface area contributed by atoms with Crippen molar-refractivity contribution in [3.05, 3.63) is 30.1 Å². The van der Waals surface area contributed by atoms with Crippen LogP contribution in [0.5, 0.6) is 5.75 Å². The second-order valence-electron chi connectivity index (χ2n) is 3.78. The Morgan fingerprint density at radius 3 is 2.83 bits per heavy atom. The van der Waals surface area contributed by atoms with Gasteiger partial charge in [0.25, 0.3) is 0 Å². The van der Waals surface area contributed by atoms with Crippen LogP contribution in [0.25, 0.3) is 0 Å². The van der Waals surface area contributed by atoms with Crippen LogP contribution in [0, 0.1) is 11.7 Å². The van der Waals surface area contributed by atoms with Gasteiger partial charge in [0.05, 0.1) is 19.6 Å². The lowest BCUT2D eigenvalue weighted by Crippen LogP contribution is -2.15. The first kappa shape index (κ1) is 14.8. The molecule has 0 N–H and O–H groups in total. The highest BCUT2D eigenvalue weighted by atomic mass is 32.2. The molecule has 3 nitrogen and oxygen atoms in total. The van der Waals surface area contributed by atoms with Gasteiger partial charge < -0.3 is 9.47 Å². The summed E-state index contributed by atoms with van der Waals surface area (Å²) < 4.78 is 23.1. The average Bonchev–Trinajstić information content (AvgIpc) is 2.39. The van der Waals surface area contributed by atoms with E-state index in [0.29, 0.717) is 18.1 Å². The molecule has 1 unspecified atom stereocenters. The van der Waals surface area contributed by atoms with Crippen LogP contribution < -0.4 is 4.74 Å². The van der Waals surface area contributed by atoms with Gasteiger partial charge in [-0.05, 0) is 12.1 Å². The second kappa shape index (κ2) is 7.97. The summed E-state index contributed by atoms with van der Waals surface area (Å²) in [7, 11) is 1.38. The Kier molecular flexibility index (Phi) is 6.57. The van der Waals surface area contributed by atoms with Crippen molar-refractivity contribution in [2.24, 2.45) is 5.92 Å². The lowest BCUT2D eigenvalue weighted by atomic mass is 10.2. The average molecular weight is 272 g/mol. The molecule has 1 aromatic rings. The maximum Gasteiger partial charge on any atom is 0.309 e. The van der Waals surface area contributed by atoms with Gasteiger partial charge in [-0.15, -0.1) is 0 Å². The SMILES string of the molecule is COC(=O)C(C)CSCCOc1ccccc1F. The minimum atomic E-state index is -0.356. The smallest absolute Gasteiger partial charge is 0.309 e. The molecule has 0 heterocycles. The Labute approximate surface area is 111 Å². The second-order valence-corrected chi connectivity index (χ2v) is 4.93. The summed E-state index contributed by atoms with van der Waals surface area (Å²) in [5, 5.41) is 0. The van der Waals surface area contributed by atoms with Crippen LogP contribution in [0.4, 0.5) is 4.39 Å². The molecule has 0 aliphatic carbocycles. The highest BCUT2D eigenvalue weighted by molar-refractivity contribution is 7.99. The molecular weight excluding hydrogens is 255 g/mol. The summed E-state index contributed by atoms with van der Waals surface area (Å²) in [5.41, 5.74) is 0. The molecule has 0 spiro atoms. The number of thioether (sulfide) groups is 1. The molecule has 0 saturated carbocycles. The number of hydrogen-bond donors (Lipinski definition) is 0. The van der Waals surface area contributed by atoms with E-state index in [4.69, 9.17) is 4.74 Å². The van der Waals surface area contributed by atoms with Crippen molar-refractivity contribution in [2.45, 2.75) is 6.92 Å². The molecule has 5 heteroatoms. The van der Waals surface area contributed by atoms with Crippen LogP contribution >= 0.6 is 11.8 Å². The fourth-order valence-corrected chi connectivity index (χ4v) is 2.16. The van der Waals surface area contributed by atoms with Crippen LogP contribution in [0.1, 0.15) is 6.92 Å². The number of ether oxygens (including phenoxy) is 2. The standard InChI is InChI=1S/C13H17FO3S/c1-10(13(15)16-2)9-18-8-7-17-12-6-4-3-5-11(12)14/h3-6,10H,7-9H2,1-2H3. The first-order valence-corrected chi connectivity index (χ1v) is 6.83. The van der Waals surface area contributed by atoms with Gasteiger partial charge in [-0.25, -0.2) is 4.39 Å². The van der Waals surface area contributed by atoms with E-state index < -0.39 is 0 Å². The van der Waals surface area contributed by atoms with E-state index >= 15 is 0 Å². The quantitative estimate of drug-likeness (QED) is 0.565. The van der Waals surface area contributed by atoms with Crippen molar-refractivity contribution in [2.75, 3.05) is 25.2 Å². The van der Waals surface area contributed by atoms with Crippen molar-refractivity contribution in [1.82, 2.24) is 0 Å². The molecule has 0 fully saturated rings. The van der Waals surface area contributed by atoms with Crippen LogP contribution in [0.3, 0.4) is 0 Å². The summed E-state index contributed by atoms with van der Waals surface area (Å²) in [4.78, 5) is 11.1. The van der Waals surface area contributed by atoms with E-state index in [1.807, 2.05) is 6.92 Å². The normalized spacial score (nSPS) is 11.9. The highest BCUT2D eigenvalue weighted by Gasteiger charge is 2.12. The molecule has 0 aliphatic rings. The van der Waals surface area contributed by atoms with Crippen molar-refractivity contribution < 1.29 is 18.7 Å². The van der Waals surface area contributed by atoms with E-state index in [2.05, 4.69) is 4.74 Å². The molecule has 0 aliphatic heterocycles. The van der Waals surface area contributed by atoms with Gasteiger partial charge in [-0.3, -0.25) is 4.79 Å². The molecular formula is C13H17FO3S. The van der Waals surface area contributed by atoms with Crippen LogP contribution in [0.2, 0.25) is 0 Å². The summed E-state index contributed by atoms with van der Waals surface area (Å²) in [6, 6.07) is 6.30. The van der Waals surface area contributed by atoms with E-state index in [9.17, 15) is 9.18 Å². The molecule has 100 valence electrons. The predicted octanol–water partition coefficient (Wildman–Crippen LogP) is 2.75. The topological polar surface area (TPSA) is 35.5 Å². The zero-order valence-corrected chi connectivity index (χ0v) is 11.3. The van der Waals surface area contributed by atoms with Crippen LogP contribution in [0.15, 0.2) is 24.3 Å². The Bertz CT molecular complexity index is 384. The van der Waals surface area contributed by atoms with Gasteiger partial charge in [-0.1, -0.05) is 19.1 Å². The van der Waals surface area contributed by atoms with Gasteiger partial charge in [0.1, 0.15) is 0 Å². The minimum Gasteiger partial charge on any atom is -0.490 e. The number of methoxy groups -OCH3 is 1. The zero-order chi connectivity index (χ0) is 13.4. The van der Waals surface area contributed by atoms with Gasteiger partial charge in [0, 0.05) is 11.5 Å². The molecule has 1 atom stereocenters. The van der Waals surface area contributed by atoms with E-state index in [1.165, 1.54) is 13.2 Å². The molecule has 1 rings (SSSR count). The lowest BCUT2D eigenvalue weighted by Gasteiger charge is -2.09. The maximum absolute atomic E-state index is 13.2. The molecule has 0 radical (unpaired) electrons. The number of carbonyl (C=O) groups excluding carboxylic acids is 1. The molecule has 0 bridgehead atoms. The first-order chi connectivity index (χ1) is 8.65. The molecule has 0 amide bonds. The van der Waals surface area contributed by atoms with E-state index in [-0.39, 0.29) is 23.5 Å². The Morgan fingerprint density at radius 2 is 2.17 bits per heavy atom. The fraction of sp³-hybridized carbons (Fsp3) is 0.462. The number of esters is 1. The summed E-state index contributed by atoms with van der Waals surface area (Å²) >= 11 is 1.58. The van der Waals surface area contributed by atoms with Gasteiger partial charge in [0.2, 0.25) is 0 Å². The first-order valence-electron chi connectivity index (χ1n) is 5.68. The van der Waals surface area contributed by atoms with Crippen LogP contribution in [-0.4, -0.2) is 31.2 Å². The summed E-state index contributed by atoms with van der Waals surface area (Å²) in [5.74, 6) is 0.943. The van der Waals surface area contributed by atoms with Crippen molar-refractivity contribution >= 4 is 17.7 Å². The number of carbonyl (C=O) groups is 1. The number of hydrogen-bond acceptors (Lipinski definition) is 4. The predicted molar refractivity (Wildman–Crippen MR) is 70.4 cm³/mol. The lowest BCUT2D eigenvalue weighted by molar-refractivity contribution is -0.143. The highest BCUT2D eigenvalue weighted by Crippen LogP contribution is 2.16. The Balaban J connectivity index is 2.16. The van der Waals surface area contributed by atoms with Gasteiger partial charge in [-0.2, -0.15) is 11.8 Å². The molecule has 1 aromatic carbocycles. The third-order valence-electron chi connectivity index (χ3n) is 2.29. The third-order valence-corrected chi connectivity index (χ3v) is 3.48. The molecule has 0 saturated heterocycles. The number of para-hydroxylation sites is 1. The number of rotatable bonds is 7. The molecule has 18 heavy (non-hydrogen) atoms. The largest absolute Gasteiger partial charge is 0.490 e. The van der Waals surface area contributed by atoms with Crippen molar-refractivity contribution in [3.63, 3.8) is 0 Å². The zero-order valence-electron chi connectivity index (χ0n) is 10.5. The summed E-state index contributed by atoms with van der Waals surface area (Å²) in [6.07, 6.45) is 0. The minimum absolute atomic E-state index is 0.131. The number of halogens is 1.